The minimum atomic E-state index is -4.44. The third-order valence-corrected chi connectivity index (χ3v) is 5.44. The second-order valence-electron chi connectivity index (χ2n) is 7.32. The second kappa shape index (κ2) is 8.66. The van der Waals surface area contributed by atoms with E-state index >= 15 is 0 Å². The first-order valence-corrected chi connectivity index (χ1v) is 10.3. The number of alkyl halides is 3. The van der Waals surface area contributed by atoms with Crippen LogP contribution in [0.15, 0.2) is 48.9 Å². The summed E-state index contributed by atoms with van der Waals surface area (Å²) in [4.78, 5) is 27.8. The smallest absolute Gasteiger partial charge is 0.365 e. The van der Waals surface area contributed by atoms with E-state index in [1.807, 2.05) is 0 Å². The fourth-order valence-electron chi connectivity index (χ4n) is 3.55. The van der Waals surface area contributed by atoms with Crippen molar-refractivity contribution in [1.82, 2.24) is 15.0 Å². The van der Waals surface area contributed by atoms with Crippen LogP contribution in [-0.2, 0) is 31.3 Å². The summed E-state index contributed by atoms with van der Waals surface area (Å²) in [5.74, 6) is 0.893. The molecule has 0 atom stereocenters. The highest BCUT2D eigenvalue weighted by molar-refractivity contribution is 7.79. The molecular formula is C22H19F3N4OS. The fraction of sp³-hybridized carbons (Fsp3) is 0.273. The molecule has 0 bridgehead atoms. The number of benzene rings is 1. The van der Waals surface area contributed by atoms with Gasteiger partial charge in [0.15, 0.2) is 5.78 Å². The molecule has 1 aliphatic rings. The van der Waals surface area contributed by atoms with Gasteiger partial charge < -0.3 is 4.90 Å². The van der Waals surface area contributed by atoms with Crippen LogP contribution in [0.4, 0.5) is 18.9 Å². The summed E-state index contributed by atoms with van der Waals surface area (Å²) in [5.41, 5.74) is 2.70. The lowest BCUT2D eigenvalue weighted by Crippen LogP contribution is -2.31. The number of fused-ring (bicyclic) bond motifs is 1. The Labute approximate surface area is 182 Å². The third-order valence-electron chi connectivity index (χ3n) is 5.16. The number of pyridine rings is 1. The van der Waals surface area contributed by atoms with Crippen LogP contribution in [0.1, 0.15) is 38.6 Å². The van der Waals surface area contributed by atoms with Gasteiger partial charge >= 0.3 is 6.18 Å². The van der Waals surface area contributed by atoms with E-state index in [0.717, 1.165) is 35.5 Å². The van der Waals surface area contributed by atoms with E-state index in [1.54, 1.807) is 18.5 Å². The van der Waals surface area contributed by atoms with E-state index in [4.69, 9.17) is 0 Å². The number of anilines is 1. The molecule has 4 rings (SSSR count). The molecule has 160 valence electrons. The van der Waals surface area contributed by atoms with Crippen LogP contribution < -0.4 is 4.90 Å². The van der Waals surface area contributed by atoms with Gasteiger partial charge in [0.1, 0.15) is 5.82 Å². The van der Waals surface area contributed by atoms with Crippen molar-refractivity contribution < 1.29 is 18.0 Å². The molecule has 0 saturated carbocycles. The van der Waals surface area contributed by atoms with Crippen LogP contribution in [-0.4, -0.2) is 27.3 Å². The van der Waals surface area contributed by atoms with Gasteiger partial charge in [-0.3, -0.25) is 9.78 Å². The third kappa shape index (κ3) is 4.87. The molecule has 0 saturated heterocycles. The Morgan fingerprint density at radius 2 is 2.00 bits per heavy atom. The first-order chi connectivity index (χ1) is 14.8. The first-order valence-electron chi connectivity index (χ1n) is 9.67. The first kappa shape index (κ1) is 21.3. The van der Waals surface area contributed by atoms with Gasteiger partial charge in [-0.25, -0.2) is 9.97 Å². The van der Waals surface area contributed by atoms with Crippen molar-refractivity contribution in [3.05, 3.63) is 82.7 Å². The molecule has 3 heterocycles. The topological polar surface area (TPSA) is 59.0 Å². The summed E-state index contributed by atoms with van der Waals surface area (Å²) >= 11 is 4.21. The summed E-state index contributed by atoms with van der Waals surface area (Å²) in [6.07, 6.45) is 1.09. The number of hydrogen-bond acceptors (Lipinski definition) is 6. The highest BCUT2D eigenvalue weighted by atomic mass is 32.1. The van der Waals surface area contributed by atoms with Gasteiger partial charge in [0.25, 0.3) is 0 Å². The Kier molecular flexibility index (Phi) is 5.95. The van der Waals surface area contributed by atoms with Gasteiger partial charge in [0.2, 0.25) is 0 Å². The lowest BCUT2D eigenvalue weighted by atomic mass is 10.0. The number of halogens is 3. The highest BCUT2D eigenvalue weighted by Gasteiger charge is 2.30. The van der Waals surface area contributed by atoms with Crippen molar-refractivity contribution in [2.75, 3.05) is 11.4 Å². The molecule has 0 amide bonds. The average Bonchev–Trinajstić information content (AvgIpc) is 2.78. The van der Waals surface area contributed by atoms with E-state index < -0.39 is 11.7 Å². The average molecular weight is 444 g/mol. The normalized spacial score (nSPS) is 13.7. The Morgan fingerprint density at radius 1 is 1.16 bits per heavy atom. The van der Waals surface area contributed by atoms with E-state index in [1.165, 1.54) is 18.3 Å². The lowest BCUT2D eigenvalue weighted by molar-refractivity contribution is -0.137. The molecule has 0 N–H and O–H groups in total. The maximum Gasteiger partial charge on any atom is 0.416 e. The summed E-state index contributed by atoms with van der Waals surface area (Å²) < 4.78 is 38.8. The molecule has 31 heavy (non-hydrogen) atoms. The molecule has 3 aromatic rings. The zero-order chi connectivity index (χ0) is 22.0. The number of nitrogens with zero attached hydrogens (tertiary/aromatic N) is 4. The fourth-order valence-corrected chi connectivity index (χ4v) is 3.70. The maximum atomic E-state index is 12.9. The molecule has 0 unspecified atom stereocenters. The van der Waals surface area contributed by atoms with E-state index in [-0.39, 0.29) is 12.2 Å². The molecule has 0 fully saturated rings. The number of carbonyl (C=O) groups is 1. The van der Waals surface area contributed by atoms with E-state index in [2.05, 4.69) is 32.5 Å². The largest absolute Gasteiger partial charge is 0.416 e. The Hall–Kier alpha value is -2.94. The Balaban J connectivity index is 1.50. The molecule has 2 aromatic heterocycles. The summed E-state index contributed by atoms with van der Waals surface area (Å²) in [6, 6.07) is 6.57. The van der Waals surface area contributed by atoms with Crippen LogP contribution in [0.3, 0.4) is 0 Å². The maximum absolute atomic E-state index is 12.9. The Morgan fingerprint density at radius 3 is 2.77 bits per heavy atom. The number of carbonyl (C=O) groups excluding carboxylic acids is 1. The van der Waals surface area contributed by atoms with Crippen molar-refractivity contribution >= 4 is 24.1 Å². The zero-order valence-corrected chi connectivity index (χ0v) is 17.3. The summed E-state index contributed by atoms with van der Waals surface area (Å²) in [6.45, 7) is 1.30. The minimum Gasteiger partial charge on any atom is -0.365 e. The van der Waals surface area contributed by atoms with Gasteiger partial charge in [-0.15, -0.1) is 0 Å². The molecule has 0 aliphatic carbocycles. The molecule has 1 aromatic carbocycles. The quantitative estimate of drug-likeness (QED) is 0.470. The molecule has 0 spiro atoms. The molecule has 9 heteroatoms. The number of rotatable bonds is 5. The van der Waals surface area contributed by atoms with Crippen molar-refractivity contribution in [3.63, 3.8) is 0 Å². The van der Waals surface area contributed by atoms with Crippen molar-refractivity contribution in [2.24, 2.45) is 0 Å². The van der Waals surface area contributed by atoms with Crippen molar-refractivity contribution in [1.29, 1.82) is 0 Å². The minimum absolute atomic E-state index is 0.127. The van der Waals surface area contributed by atoms with Crippen LogP contribution in [0.25, 0.3) is 0 Å². The zero-order valence-electron chi connectivity index (χ0n) is 16.4. The number of thiol groups is 1. The second-order valence-corrected chi connectivity index (χ2v) is 7.63. The van der Waals surface area contributed by atoms with Gasteiger partial charge in [-0.05, 0) is 17.7 Å². The van der Waals surface area contributed by atoms with Gasteiger partial charge in [-0.2, -0.15) is 25.8 Å². The van der Waals surface area contributed by atoms with E-state index in [9.17, 15) is 18.0 Å². The predicted octanol–water partition coefficient (Wildman–Crippen LogP) is 4.31. The lowest BCUT2D eigenvalue weighted by Gasteiger charge is -2.30. The van der Waals surface area contributed by atoms with Crippen LogP contribution in [0.5, 0.6) is 0 Å². The SMILES string of the molecule is O=C(Cc1cccc(C(F)(F)F)c1)c1cncc(N2CCc3nc(CS)ncc3C2)c1. The Bertz CT molecular complexity index is 1120. The molecule has 1 aliphatic heterocycles. The van der Waals surface area contributed by atoms with Crippen molar-refractivity contribution in [2.45, 2.75) is 31.3 Å². The summed E-state index contributed by atoms with van der Waals surface area (Å²) in [5, 5.41) is 0. The van der Waals surface area contributed by atoms with Gasteiger partial charge in [-0.1, -0.05) is 18.2 Å². The molecular weight excluding hydrogens is 425 g/mol. The summed E-state index contributed by atoms with van der Waals surface area (Å²) in [7, 11) is 0. The standard InChI is InChI=1S/C22H19F3N4OS/c23-22(24,25)17-3-1-2-14(6-17)7-20(30)15-8-18(11-26-9-15)29-5-4-19-16(12-29)10-27-21(13-31)28-19/h1-3,6,8-11,31H,4-5,7,12-13H2. The predicted molar refractivity (Wildman–Crippen MR) is 113 cm³/mol. The van der Waals surface area contributed by atoms with Crippen LogP contribution >= 0.6 is 12.6 Å². The van der Waals surface area contributed by atoms with Crippen LogP contribution in [0, 0.1) is 0 Å². The van der Waals surface area contributed by atoms with Crippen molar-refractivity contribution in [3.8, 4) is 0 Å². The molecule has 5 nitrogen and oxygen atoms in total. The number of aromatic nitrogens is 3. The highest BCUT2D eigenvalue weighted by Crippen LogP contribution is 2.30. The number of hydrogen-bond donors (Lipinski definition) is 1. The molecule has 0 radical (unpaired) electrons. The van der Waals surface area contributed by atoms with Gasteiger partial charge in [0.05, 0.1) is 28.9 Å². The monoisotopic (exact) mass is 444 g/mol. The van der Waals surface area contributed by atoms with E-state index in [0.29, 0.717) is 35.8 Å². The van der Waals surface area contributed by atoms with Crippen LogP contribution in [0.2, 0.25) is 0 Å². The number of ketones is 1. The number of Topliss-reactive ketones (excluding diaryl/α,β-unsaturated/α-hetero) is 1. The van der Waals surface area contributed by atoms with Gasteiger partial charge in [0, 0.05) is 49.5 Å².